The Morgan fingerprint density at radius 3 is 2.31 bits per heavy atom. The monoisotopic (exact) mass is 220 g/mol. The number of benzene rings is 1. The maximum absolute atomic E-state index is 12.3. The molecule has 1 rings (SSSR count). The first kappa shape index (κ1) is 12.7. The summed E-state index contributed by atoms with van der Waals surface area (Å²) in [6.07, 6.45) is 0. The summed E-state index contributed by atoms with van der Waals surface area (Å²) in [6, 6.07) is 5.91. The number of nitrogens with two attached hydrogens (primary N) is 1. The smallest absolute Gasteiger partial charge is 0.254 e. The lowest BCUT2D eigenvalue weighted by molar-refractivity contribution is 0.0767. The molecule has 0 atom stereocenters. The van der Waals surface area contributed by atoms with Gasteiger partial charge in [0.2, 0.25) is 0 Å². The number of carbonyl (C=O) groups is 1. The molecule has 0 aromatic heterocycles. The van der Waals surface area contributed by atoms with Gasteiger partial charge in [0.1, 0.15) is 0 Å². The maximum Gasteiger partial charge on any atom is 0.254 e. The van der Waals surface area contributed by atoms with E-state index >= 15 is 0 Å². The molecule has 0 spiro atoms. The van der Waals surface area contributed by atoms with Crippen LogP contribution in [0.25, 0.3) is 0 Å². The SMILES string of the molecule is CCN(CCN)C(=O)c1c(C)cccc1C. The molecule has 16 heavy (non-hydrogen) atoms. The van der Waals surface area contributed by atoms with E-state index in [1.54, 1.807) is 4.90 Å². The quantitative estimate of drug-likeness (QED) is 0.840. The van der Waals surface area contributed by atoms with Crippen molar-refractivity contribution in [3.8, 4) is 0 Å². The fraction of sp³-hybridized carbons (Fsp3) is 0.462. The van der Waals surface area contributed by atoms with Crippen LogP contribution in [0.1, 0.15) is 28.4 Å². The maximum atomic E-state index is 12.3. The van der Waals surface area contributed by atoms with Crippen LogP contribution in [-0.4, -0.2) is 30.4 Å². The molecule has 0 unspecified atom stereocenters. The van der Waals surface area contributed by atoms with Gasteiger partial charge in [-0.3, -0.25) is 4.79 Å². The Labute approximate surface area is 97.2 Å². The van der Waals surface area contributed by atoms with Crippen LogP contribution in [0.15, 0.2) is 18.2 Å². The minimum atomic E-state index is 0.0866. The van der Waals surface area contributed by atoms with Gasteiger partial charge in [-0.2, -0.15) is 0 Å². The minimum Gasteiger partial charge on any atom is -0.338 e. The van der Waals surface area contributed by atoms with Gasteiger partial charge in [-0.25, -0.2) is 0 Å². The number of hydrogen-bond donors (Lipinski definition) is 1. The number of hydrogen-bond acceptors (Lipinski definition) is 2. The van der Waals surface area contributed by atoms with E-state index in [1.165, 1.54) is 0 Å². The zero-order chi connectivity index (χ0) is 12.1. The van der Waals surface area contributed by atoms with Crippen molar-refractivity contribution in [1.82, 2.24) is 4.90 Å². The lowest BCUT2D eigenvalue weighted by atomic mass is 10.0. The number of rotatable bonds is 4. The van der Waals surface area contributed by atoms with Crippen LogP contribution in [0, 0.1) is 13.8 Å². The van der Waals surface area contributed by atoms with E-state index in [9.17, 15) is 4.79 Å². The fourth-order valence-electron chi connectivity index (χ4n) is 1.87. The number of carbonyl (C=O) groups excluding carboxylic acids is 1. The topological polar surface area (TPSA) is 46.3 Å². The molecule has 1 amide bonds. The van der Waals surface area contributed by atoms with Crippen molar-refractivity contribution in [2.24, 2.45) is 5.73 Å². The average Bonchev–Trinajstić information content (AvgIpc) is 2.25. The van der Waals surface area contributed by atoms with Crippen LogP contribution in [0.3, 0.4) is 0 Å². The second kappa shape index (κ2) is 5.66. The van der Waals surface area contributed by atoms with Gasteiger partial charge in [0.25, 0.3) is 5.91 Å². The van der Waals surface area contributed by atoms with Crippen molar-refractivity contribution < 1.29 is 4.79 Å². The highest BCUT2D eigenvalue weighted by atomic mass is 16.2. The van der Waals surface area contributed by atoms with Crippen LogP contribution in [0.4, 0.5) is 0 Å². The summed E-state index contributed by atoms with van der Waals surface area (Å²) in [5, 5.41) is 0. The Hall–Kier alpha value is -1.35. The van der Waals surface area contributed by atoms with E-state index in [0.717, 1.165) is 16.7 Å². The molecule has 3 heteroatoms. The molecule has 1 aromatic rings. The van der Waals surface area contributed by atoms with E-state index in [-0.39, 0.29) is 5.91 Å². The zero-order valence-electron chi connectivity index (χ0n) is 10.3. The van der Waals surface area contributed by atoms with E-state index in [4.69, 9.17) is 5.73 Å². The van der Waals surface area contributed by atoms with Gasteiger partial charge in [-0.1, -0.05) is 18.2 Å². The molecule has 0 aliphatic heterocycles. The highest BCUT2D eigenvalue weighted by Crippen LogP contribution is 2.15. The summed E-state index contributed by atoms with van der Waals surface area (Å²) >= 11 is 0. The van der Waals surface area contributed by atoms with E-state index in [2.05, 4.69) is 0 Å². The molecule has 0 bridgehead atoms. The average molecular weight is 220 g/mol. The lowest BCUT2D eigenvalue weighted by Gasteiger charge is -2.22. The summed E-state index contributed by atoms with van der Waals surface area (Å²) in [4.78, 5) is 14.1. The Morgan fingerprint density at radius 2 is 1.88 bits per heavy atom. The van der Waals surface area contributed by atoms with Crippen molar-refractivity contribution in [2.75, 3.05) is 19.6 Å². The normalized spacial score (nSPS) is 10.2. The third-order valence-electron chi connectivity index (χ3n) is 2.76. The van der Waals surface area contributed by atoms with Gasteiger partial charge in [-0.05, 0) is 31.9 Å². The van der Waals surface area contributed by atoms with E-state index in [1.807, 2.05) is 39.0 Å². The molecular weight excluding hydrogens is 200 g/mol. The molecule has 3 nitrogen and oxygen atoms in total. The predicted octanol–water partition coefficient (Wildman–Crippen LogP) is 1.72. The first-order valence-corrected chi connectivity index (χ1v) is 5.67. The molecule has 0 radical (unpaired) electrons. The van der Waals surface area contributed by atoms with Gasteiger partial charge in [-0.15, -0.1) is 0 Å². The first-order valence-electron chi connectivity index (χ1n) is 5.67. The molecule has 1 aromatic carbocycles. The summed E-state index contributed by atoms with van der Waals surface area (Å²) in [5.41, 5.74) is 8.38. The predicted molar refractivity (Wildman–Crippen MR) is 66.5 cm³/mol. The Balaban J connectivity index is 3.03. The van der Waals surface area contributed by atoms with Crippen molar-refractivity contribution >= 4 is 5.91 Å². The molecule has 0 heterocycles. The number of likely N-dealkylation sites (N-methyl/N-ethyl adjacent to an activating group) is 1. The molecule has 0 saturated carbocycles. The van der Waals surface area contributed by atoms with Gasteiger partial charge < -0.3 is 10.6 Å². The highest BCUT2D eigenvalue weighted by molar-refractivity contribution is 5.97. The van der Waals surface area contributed by atoms with Crippen molar-refractivity contribution in [3.63, 3.8) is 0 Å². The fourth-order valence-corrected chi connectivity index (χ4v) is 1.87. The zero-order valence-corrected chi connectivity index (χ0v) is 10.3. The minimum absolute atomic E-state index is 0.0866. The molecule has 0 fully saturated rings. The number of aryl methyl sites for hydroxylation is 2. The molecular formula is C13H20N2O. The van der Waals surface area contributed by atoms with Gasteiger partial charge in [0.05, 0.1) is 0 Å². The largest absolute Gasteiger partial charge is 0.338 e. The van der Waals surface area contributed by atoms with Crippen LogP contribution in [-0.2, 0) is 0 Å². The van der Waals surface area contributed by atoms with Crippen molar-refractivity contribution in [2.45, 2.75) is 20.8 Å². The first-order chi connectivity index (χ1) is 7.61. The number of nitrogens with zero attached hydrogens (tertiary/aromatic N) is 1. The van der Waals surface area contributed by atoms with Crippen LogP contribution in [0.2, 0.25) is 0 Å². The highest BCUT2D eigenvalue weighted by Gasteiger charge is 2.17. The summed E-state index contributed by atoms with van der Waals surface area (Å²) in [7, 11) is 0. The number of amides is 1. The van der Waals surface area contributed by atoms with E-state index < -0.39 is 0 Å². The Kier molecular flexibility index (Phi) is 4.50. The van der Waals surface area contributed by atoms with Crippen molar-refractivity contribution in [1.29, 1.82) is 0 Å². The third-order valence-corrected chi connectivity index (χ3v) is 2.76. The van der Waals surface area contributed by atoms with Crippen molar-refractivity contribution in [3.05, 3.63) is 34.9 Å². The van der Waals surface area contributed by atoms with Gasteiger partial charge in [0, 0.05) is 25.2 Å². The molecule has 0 aliphatic rings. The van der Waals surface area contributed by atoms with E-state index in [0.29, 0.717) is 19.6 Å². The standard InChI is InChI=1S/C13H20N2O/c1-4-15(9-8-14)13(16)12-10(2)6-5-7-11(12)3/h5-7H,4,8-9,14H2,1-3H3. The van der Waals surface area contributed by atoms with Gasteiger partial charge in [0.15, 0.2) is 0 Å². The molecule has 0 saturated heterocycles. The second-order valence-electron chi connectivity index (χ2n) is 3.94. The third kappa shape index (κ3) is 2.61. The van der Waals surface area contributed by atoms with Crippen LogP contribution in [0.5, 0.6) is 0 Å². The van der Waals surface area contributed by atoms with Gasteiger partial charge >= 0.3 is 0 Å². The molecule has 88 valence electrons. The Morgan fingerprint density at radius 1 is 1.31 bits per heavy atom. The second-order valence-corrected chi connectivity index (χ2v) is 3.94. The van der Waals surface area contributed by atoms with Crippen LogP contribution < -0.4 is 5.73 Å². The summed E-state index contributed by atoms with van der Waals surface area (Å²) in [5.74, 6) is 0.0866. The molecule has 0 aliphatic carbocycles. The lowest BCUT2D eigenvalue weighted by Crippen LogP contribution is -2.35. The molecule has 2 N–H and O–H groups in total. The Bertz CT molecular complexity index is 354. The summed E-state index contributed by atoms with van der Waals surface area (Å²) in [6.45, 7) is 7.73. The van der Waals surface area contributed by atoms with Crippen LogP contribution >= 0.6 is 0 Å². The summed E-state index contributed by atoms with van der Waals surface area (Å²) < 4.78 is 0.